The zero-order chi connectivity index (χ0) is 12.3. The van der Waals surface area contributed by atoms with E-state index < -0.39 is 0 Å². The Labute approximate surface area is 103 Å². The van der Waals surface area contributed by atoms with Crippen molar-refractivity contribution in [2.45, 2.75) is 38.6 Å². The Morgan fingerprint density at radius 1 is 1.35 bits per heavy atom. The van der Waals surface area contributed by atoms with E-state index in [-0.39, 0.29) is 0 Å². The number of ether oxygens (including phenoxy) is 1. The molecule has 94 valence electrons. The Kier molecular flexibility index (Phi) is 3.94. The van der Waals surface area contributed by atoms with Crippen LogP contribution in [0.4, 0.5) is 0 Å². The fourth-order valence-electron chi connectivity index (χ4n) is 1.89. The second-order valence-corrected chi connectivity index (χ2v) is 4.90. The number of hydrogen-bond acceptors (Lipinski definition) is 4. The van der Waals surface area contributed by atoms with Gasteiger partial charge in [-0.2, -0.15) is 0 Å². The van der Waals surface area contributed by atoms with E-state index in [1.54, 1.807) is 19.5 Å². The summed E-state index contributed by atoms with van der Waals surface area (Å²) in [6.07, 6.45) is 6.06. The molecule has 1 fully saturated rings. The zero-order valence-electron chi connectivity index (χ0n) is 10.8. The Bertz CT molecular complexity index is 365. The summed E-state index contributed by atoms with van der Waals surface area (Å²) in [7, 11) is 1.65. The van der Waals surface area contributed by atoms with Gasteiger partial charge >= 0.3 is 0 Å². The molecule has 2 rings (SSSR count). The molecule has 17 heavy (non-hydrogen) atoms. The van der Waals surface area contributed by atoms with Crippen LogP contribution in [0.2, 0.25) is 0 Å². The molecule has 1 aliphatic carbocycles. The SMILES string of the molecule is COc1nccnc1C(C)C(C)CNC1CC1. The Morgan fingerprint density at radius 3 is 2.71 bits per heavy atom. The van der Waals surface area contributed by atoms with Crippen molar-refractivity contribution in [3.63, 3.8) is 0 Å². The van der Waals surface area contributed by atoms with Crippen molar-refractivity contribution in [2.24, 2.45) is 5.92 Å². The van der Waals surface area contributed by atoms with Crippen LogP contribution in [0, 0.1) is 5.92 Å². The largest absolute Gasteiger partial charge is 0.480 e. The summed E-state index contributed by atoms with van der Waals surface area (Å²) in [6.45, 7) is 5.46. The fraction of sp³-hybridized carbons (Fsp3) is 0.692. The summed E-state index contributed by atoms with van der Waals surface area (Å²) in [5.74, 6) is 1.53. The number of hydrogen-bond donors (Lipinski definition) is 1. The zero-order valence-corrected chi connectivity index (χ0v) is 10.8. The van der Waals surface area contributed by atoms with E-state index in [4.69, 9.17) is 4.74 Å². The van der Waals surface area contributed by atoms with Crippen LogP contribution >= 0.6 is 0 Å². The molecule has 2 unspecified atom stereocenters. The summed E-state index contributed by atoms with van der Waals surface area (Å²) in [6, 6.07) is 0.758. The van der Waals surface area contributed by atoms with E-state index in [1.165, 1.54) is 12.8 Å². The third kappa shape index (κ3) is 3.16. The van der Waals surface area contributed by atoms with Crippen molar-refractivity contribution >= 4 is 0 Å². The van der Waals surface area contributed by atoms with Crippen LogP contribution in [0.5, 0.6) is 5.88 Å². The molecular formula is C13H21N3O. The van der Waals surface area contributed by atoms with Crippen molar-refractivity contribution in [1.82, 2.24) is 15.3 Å². The van der Waals surface area contributed by atoms with E-state index in [2.05, 4.69) is 29.1 Å². The molecule has 4 heteroatoms. The third-order valence-electron chi connectivity index (χ3n) is 3.48. The van der Waals surface area contributed by atoms with Crippen molar-refractivity contribution in [3.8, 4) is 5.88 Å². The molecule has 0 aromatic carbocycles. The van der Waals surface area contributed by atoms with Crippen LogP contribution in [0.15, 0.2) is 12.4 Å². The molecule has 0 amide bonds. The van der Waals surface area contributed by atoms with Crippen LogP contribution in [0.3, 0.4) is 0 Å². The van der Waals surface area contributed by atoms with Crippen molar-refractivity contribution < 1.29 is 4.74 Å². The molecule has 1 N–H and O–H groups in total. The number of nitrogens with zero attached hydrogens (tertiary/aromatic N) is 2. The lowest BCUT2D eigenvalue weighted by Gasteiger charge is -2.20. The minimum Gasteiger partial charge on any atom is -0.480 e. The second-order valence-electron chi connectivity index (χ2n) is 4.90. The Hall–Kier alpha value is -1.16. The topological polar surface area (TPSA) is 47.0 Å². The lowest BCUT2D eigenvalue weighted by molar-refractivity contribution is 0.368. The maximum atomic E-state index is 5.26. The molecule has 0 bridgehead atoms. The number of nitrogens with one attached hydrogen (secondary N) is 1. The summed E-state index contributed by atoms with van der Waals surface area (Å²) in [5.41, 5.74) is 0.958. The smallest absolute Gasteiger partial charge is 0.235 e. The highest BCUT2D eigenvalue weighted by molar-refractivity contribution is 5.21. The van der Waals surface area contributed by atoms with E-state index in [9.17, 15) is 0 Å². The molecule has 2 atom stereocenters. The predicted molar refractivity (Wildman–Crippen MR) is 67.2 cm³/mol. The lowest BCUT2D eigenvalue weighted by Crippen LogP contribution is -2.26. The van der Waals surface area contributed by atoms with Gasteiger partial charge in [0.05, 0.1) is 7.11 Å². The Balaban J connectivity index is 1.98. The van der Waals surface area contributed by atoms with Gasteiger partial charge in [-0.1, -0.05) is 13.8 Å². The monoisotopic (exact) mass is 235 g/mol. The number of aromatic nitrogens is 2. The number of methoxy groups -OCH3 is 1. The molecular weight excluding hydrogens is 214 g/mol. The molecule has 0 radical (unpaired) electrons. The van der Waals surface area contributed by atoms with Crippen LogP contribution in [-0.2, 0) is 0 Å². The van der Waals surface area contributed by atoms with Gasteiger partial charge in [-0.25, -0.2) is 4.98 Å². The van der Waals surface area contributed by atoms with E-state index in [0.717, 1.165) is 18.3 Å². The molecule has 1 aromatic rings. The van der Waals surface area contributed by atoms with Crippen LogP contribution in [-0.4, -0.2) is 29.7 Å². The molecule has 1 saturated carbocycles. The van der Waals surface area contributed by atoms with E-state index in [1.807, 2.05) is 0 Å². The summed E-state index contributed by atoms with van der Waals surface area (Å²) >= 11 is 0. The maximum absolute atomic E-state index is 5.26. The van der Waals surface area contributed by atoms with Crippen molar-refractivity contribution in [2.75, 3.05) is 13.7 Å². The van der Waals surface area contributed by atoms with Crippen molar-refractivity contribution in [3.05, 3.63) is 18.1 Å². The summed E-state index contributed by atoms with van der Waals surface area (Å²) < 4.78 is 5.26. The fourth-order valence-corrected chi connectivity index (χ4v) is 1.89. The van der Waals surface area contributed by atoms with Gasteiger partial charge in [0, 0.05) is 24.4 Å². The molecule has 0 aliphatic heterocycles. The molecule has 0 spiro atoms. The highest BCUT2D eigenvalue weighted by atomic mass is 16.5. The third-order valence-corrected chi connectivity index (χ3v) is 3.48. The van der Waals surface area contributed by atoms with E-state index >= 15 is 0 Å². The average Bonchev–Trinajstić information content (AvgIpc) is 3.19. The highest BCUT2D eigenvalue weighted by Crippen LogP contribution is 2.28. The molecule has 1 heterocycles. The van der Waals surface area contributed by atoms with Crippen LogP contribution in [0.1, 0.15) is 38.3 Å². The highest BCUT2D eigenvalue weighted by Gasteiger charge is 2.24. The standard InChI is InChI=1S/C13H21N3O/c1-9(8-16-11-4-5-11)10(2)12-13(17-3)15-7-6-14-12/h6-7,9-11,16H,4-5,8H2,1-3H3. The minimum absolute atomic E-state index is 0.352. The normalized spacial score (nSPS) is 18.8. The second kappa shape index (κ2) is 5.45. The van der Waals surface area contributed by atoms with Crippen LogP contribution in [0.25, 0.3) is 0 Å². The van der Waals surface area contributed by atoms with E-state index in [0.29, 0.717) is 17.7 Å². The van der Waals surface area contributed by atoms with Gasteiger partial charge in [0.1, 0.15) is 5.69 Å². The van der Waals surface area contributed by atoms with Gasteiger partial charge in [0.15, 0.2) is 0 Å². The average molecular weight is 235 g/mol. The Morgan fingerprint density at radius 2 is 2.06 bits per heavy atom. The van der Waals surface area contributed by atoms with Gasteiger partial charge in [0.2, 0.25) is 5.88 Å². The minimum atomic E-state index is 0.352. The molecule has 4 nitrogen and oxygen atoms in total. The van der Waals surface area contributed by atoms with Gasteiger partial charge in [0.25, 0.3) is 0 Å². The van der Waals surface area contributed by atoms with Gasteiger partial charge in [-0.15, -0.1) is 0 Å². The first-order valence-corrected chi connectivity index (χ1v) is 6.30. The van der Waals surface area contributed by atoms with Gasteiger partial charge in [-0.3, -0.25) is 4.98 Å². The molecule has 0 saturated heterocycles. The first-order valence-electron chi connectivity index (χ1n) is 6.30. The predicted octanol–water partition coefficient (Wildman–Crippen LogP) is 1.98. The summed E-state index contributed by atoms with van der Waals surface area (Å²) in [4.78, 5) is 8.60. The van der Waals surface area contributed by atoms with Crippen molar-refractivity contribution in [1.29, 1.82) is 0 Å². The number of rotatable bonds is 6. The first kappa shape index (κ1) is 12.3. The van der Waals surface area contributed by atoms with Crippen LogP contribution < -0.4 is 10.1 Å². The first-order chi connectivity index (χ1) is 8.22. The van der Waals surface area contributed by atoms with Gasteiger partial charge < -0.3 is 10.1 Å². The lowest BCUT2D eigenvalue weighted by atomic mass is 9.92. The quantitative estimate of drug-likeness (QED) is 0.819. The molecule has 1 aliphatic rings. The maximum Gasteiger partial charge on any atom is 0.235 e. The summed E-state index contributed by atoms with van der Waals surface area (Å²) in [5, 5.41) is 3.56. The van der Waals surface area contributed by atoms with Gasteiger partial charge in [-0.05, 0) is 25.3 Å². The molecule has 1 aromatic heterocycles.